The fourth-order valence-corrected chi connectivity index (χ4v) is 6.30. The Morgan fingerprint density at radius 3 is 1.23 bits per heavy atom. The van der Waals surface area contributed by atoms with Gasteiger partial charge in [-0.15, -0.1) is 0 Å². The van der Waals surface area contributed by atoms with E-state index in [2.05, 4.69) is 269 Å². The van der Waals surface area contributed by atoms with Crippen LogP contribution in [0.5, 0.6) is 0 Å². The number of aliphatic hydroxyl groups excluding tert-OH is 1. The maximum absolute atomic E-state index is 14.2. The highest BCUT2D eigenvalue weighted by Crippen LogP contribution is 2.40. The number of aromatic nitrogens is 3. The van der Waals surface area contributed by atoms with Crippen LogP contribution in [0.4, 0.5) is 23.2 Å². The molecule has 11 heteroatoms. The molecule has 0 radical (unpaired) electrons. The monoisotopic (exact) mass is 1050 g/mol. The van der Waals surface area contributed by atoms with Crippen LogP contribution in [0.2, 0.25) is 0 Å². The van der Waals surface area contributed by atoms with E-state index in [1.54, 1.807) is 13.8 Å². The Morgan fingerprint density at radius 2 is 0.877 bits per heavy atom. The van der Waals surface area contributed by atoms with Gasteiger partial charge in [-0.3, -0.25) is 4.98 Å². The maximum Gasteiger partial charge on any atom is 0.161 e. The number of hydrogen-bond acceptors (Lipinski definition) is 6. The summed E-state index contributed by atoms with van der Waals surface area (Å²) in [6.07, 6.45) is 2.90. The smallest absolute Gasteiger partial charge is 0.161 e. The zero-order chi connectivity index (χ0) is 57.4. The molecule has 0 saturated carbocycles. The fourth-order valence-electron chi connectivity index (χ4n) is 6.30. The minimum atomic E-state index is -1.03. The molecular formula is C70H29F4N5O2. The lowest BCUT2D eigenvalue weighted by molar-refractivity contribution is -0.0214. The van der Waals surface area contributed by atoms with Crippen LogP contribution in [0.25, 0.3) is 33.5 Å². The first-order chi connectivity index (χ1) is 39.8. The second-order valence-corrected chi connectivity index (χ2v) is 14.9. The quantitative estimate of drug-likeness (QED) is 0.196. The molecule has 2 aromatic heterocycles. The van der Waals surface area contributed by atoms with Gasteiger partial charge in [0, 0.05) is 197 Å². The van der Waals surface area contributed by atoms with E-state index in [1.807, 2.05) is 4.90 Å². The standard InChI is InChI=1S/C44H6.C26H23F4N5O2/c1-3-5-7-9-11-13-15-17-19-21-23-25-27-29-31-33-35-37-39-41-43-44-42-40-38-36-34-32-30-28-26-24-22-20-18-16-14-12-10-8-6-4-2;27-14-3-13(4-15(28)5-14)17-8-31-9-18(26-33-22-6-19(29)20(30)7-23(22)34-26)25(17)35-2-1-21(24(36)10-35)32-16-11-37-12-16/h1-2H3;3-9,16,21,24,32,36H,1-2,10-12H2,(H,33,34)/t;21-,24+/m.1/s1. The second kappa shape index (κ2) is 35.4. The summed E-state index contributed by atoms with van der Waals surface area (Å²) in [5, 5.41) is 14.4. The number of β-amino-alcohol motifs (C(OH)–C–C–N with tert-alkyl or cyclic N) is 1. The van der Waals surface area contributed by atoms with Gasteiger partial charge in [-0.1, -0.05) is 11.8 Å². The van der Waals surface area contributed by atoms with E-state index in [9.17, 15) is 22.7 Å². The molecule has 81 heavy (non-hydrogen) atoms. The molecule has 3 N–H and O–H groups in total. The summed E-state index contributed by atoms with van der Waals surface area (Å²) in [6, 6.07) is 5.27. The SMILES string of the molecule is CC#CC#CC#CC#CC#CC#CC#CC#CC#CC#CC#CC#CC#CC#CC#CC#CC#CC#CC#CC#CC#CC.O[C@H]1CN(c2c(-c3cc(F)cc(F)c3)cncc2-c2nc3cc(F)c(F)cc3[nH]2)CC[C@H]1NC1COC1. The number of imidazole rings is 1. The van der Waals surface area contributed by atoms with Crippen LogP contribution < -0.4 is 10.2 Å². The molecule has 0 unspecified atom stereocenters. The van der Waals surface area contributed by atoms with Crippen LogP contribution in [0, 0.1) is 272 Å². The van der Waals surface area contributed by atoms with Crippen molar-refractivity contribution in [2.75, 3.05) is 31.2 Å². The molecule has 7 nitrogen and oxygen atoms in total. The van der Waals surface area contributed by atoms with Crippen LogP contribution in [0.3, 0.4) is 0 Å². The van der Waals surface area contributed by atoms with Gasteiger partial charge in [0.15, 0.2) is 11.6 Å². The molecule has 2 fully saturated rings. The number of pyridine rings is 1. The lowest BCUT2D eigenvalue weighted by atomic mass is 9.96. The van der Waals surface area contributed by atoms with E-state index in [0.29, 0.717) is 43.0 Å². The number of aliphatic hydroxyl groups is 1. The number of benzene rings is 2. The number of rotatable bonds is 5. The summed E-state index contributed by atoms with van der Waals surface area (Å²) in [5.74, 6) is 102. The highest BCUT2D eigenvalue weighted by Gasteiger charge is 2.33. The number of nitrogens with zero attached hydrogens (tertiary/aromatic N) is 3. The van der Waals surface area contributed by atoms with Crippen LogP contribution in [-0.2, 0) is 4.74 Å². The van der Waals surface area contributed by atoms with Crippen LogP contribution in [-0.4, -0.2) is 64.5 Å². The zero-order valence-electron chi connectivity index (χ0n) is 42.5. The number of piperidine rings is 1. The van der Waals surface area contributed by atoms with Gasteiger partial charge in [0.2, 0.25) is 0 Å². The molecule has 2 aliphatic heterocycles. The molecule has 4 aromatic rings. The van der Waals surface area contributed by atoms with E-state index in [0.717, 1.165) is 18.2 Å². The van der Waals surface area contributed by atoms with Gasteiger partial charge in [0.05, 0.1) is 47.6 Å². The Labute approximate surface area is 469 Å². The minimum absolute atomic E-state index is 0.136. The number of fused-ring (bicyclic) bond motifs is 1. The molecule has 4 heterocycles. The minimum Gasteiger partial charge on any atom is -0.390 e. The largest absolute Gasteiger partial charge is 0.390 e. The van der Waals surface area contributed by atoms with E-state index in [-0.39, 0.29) is 41.0 Å². The first-order valence-electron chi connectivity index (χ1n) is 23.2. The fraction of sp³-hybridized carbons (Fsp3) is 0.143. The van der Waals surface area contributed by atoms with Crippen molar-refractivity contribution < 1.29 is 27.4 Å². The molecule has 374 valence electrons. The molecule has 0 amide bonds. The van der Waals surface area contributed by atoms with Crippen LogP contribution in [0.15, 0.2) is 42.7 Å². The lowest BCUT2D eigenvalue weighted by Gasteiger charge is -2.41. The van der Waals surface area contributed by atoms with E-state index in [1.165, 1.54) is 24.5 Å². The molecular weight excluding hydrogens is 1020 g/mol. The van der Waals surface area contributed by atoms with Crippen molar-refractivity contribution in [3.63, 3.8) is 0 Å². The van der Waals surface area contributed by atoms with E-state index < -0.39 is 29.4 Å². The van der Waals surface area contributed by atoms with Crippen molar-refractivity contribution in [3.8, 4) is 271 Å². The molecule has 2 atom stereocenters. The number of nitrogens with one attached hydrogen (secondary N) is 2. The molecule has 2 saturated heterocycles. The van der Waals surface area contributed by atoms with Crippen molar-refractivity contribution in [1.29, 1.82) is 0 Å². The average Bonchev–Trinajstić information content (AvgIpc) is 4.05. The van der Waals surface area contributed by atoms with E-state index in [4.69, 9.17) is 4.74 Å². The Kier molecular flexibility index (Phi) is 25.8. The molecule has 2 aliphatic rings. The molecule has 6 rings (SSSR count). The highest BCUT2D eigenvalue weighted by atomic mass is 19.2. The third-order valence-corrected chi connectivity index (χ3v) is 9.54. The summed E-state index contributed by atoms with van der Waals surface area (Å²) in [6.45, 7) is 5.33. The maximum atomic E-state index is 14.2. The van der Waals surface area contributed by atoms with Crippen molar-refractivity contribution >= 4 is 16.7 Å². The first-order valence-corrected chi connectivity index (χ1v) is 23.2. The highest BCUT2D eigenvalue weighted by molar-refractivity contribution is 5.91. The summed E-state index contributed by atoms with van der Waals surface area (Å²) in [4.78, 5) is 13.6. The van der Waals surface area contributed by atoms with Gasteiger partial charge in [-0.05, 0) is 133 Å². The molecule has 0 bridgehead atoms. The third-order valence-electron chi connectivity index (χ3n) is 9.54. The number of hydrogen-bond donors (Lipinski definition) is 3. The number of H-pyrrole nitrogens is 1. The van der Waals surface area contributed by atoms with Gasteiger partial charge in [-0.25, -0.2) is 22.5 Å². The predicted molar refractivity (Wildman–Crippen MR) is 304 cm³/mol. The Balaban J connectivity index is 0.000000300. The molecule has 0 spiro atoms. The predicted octanol–water partition coefficient (Wildman–Crippen LogP) is 4.87. The van der Waals surface area contributed by atoms with Crippen LogP contribution >= 0.6 is 0 Å². The summed E-state index contributed by atoms with van der Waals surface area (Å²) >= 11 is 0. The van der Waals surface area contributed by atoms with Gasteiger partial charge >= 0.3 is 0 Å². The number of aromatic amines is 1. The topological polar surface area (TPSA) is 86.3 Å². The summed E-state index contributed by atoms with van der Waals surface area (Å²) < 4.78 is 61.2. The normalized spacial score (nSPS) is 11.5. The summed E-state index contributed by atoms with van der Waals surface area (Å²) in [7, 11) is 0. The van der Waals surface area contributed by atoms with Gasteiger partial charge < -0.3 is 25.0 Å². The van der Waals surface area contributed by atoms with Gasteiger partial charge in [-0.2, -0.15) is 0 Å². The second-order valence-electron chi connectivity index (χ2n) is 14.9. The lowest BCUT2D eigenvalue weighted by Crippen LogP contribution is -2.59. The summed E-state index contributed by atoms with van der Waals surface area (Å²) in [5.41, 5.74) is 2.20. The Bertz CT molecular complexity index is 4370. The number of halogens is 4. The zero-order valence-corrected chi connectivity index (χ0v) is 42.5. The van der Waals surface area contributed by atoms with E-state index >= 15 is 0 Å². The van der Waals surface area contributed by atoms with Gasteiger partial charge in [0.25, 0.3) is 0 Å². The molecule has 2 aromatic carbocycles. The van der Waals surface area contributed by atoms with Crippen molar-refractivity contribution in [2.45, 2.75) is 38.5 Å². The van der Waals surface area contributed by atoms with Gasteiger partial charge in [0.1, 0.15) is 17.5 Å². The number of ether oxygens (including phenoxy) is 1. The first kappa shape index (κ1) is 59.1. The van der Waals surface area contributed by atoms with Crippen molar-refractivity contribution in [3.05, 3.63) is 66.0 Å². The van der Waals surface area contributed by atoms with Crippen molar-refractivity contribution in [1.82, 2.24) is 20.3 Å². The van der Waals surface area contributed by atoms with Crippen molar-refractivity contribution in [2.24, 2.45) is 0 Å². The third kappa shape index (κ3) is 22.3. The average molecular weight is 1050 g/mol. The molecule has 0 aliphatic carbocycles. The number of anilines is 1. The Hall–Kier alpha value is -12.8. The van der Waals surface area contributed by atoms with Crippen LogP contribution in [0.1, 0.15) is 20.3 Å². The Morgan fingerprint density at radius 1 is 0.506 bits per heavy atom.